The van der Waals surface area contributed by atoms with E-state index in [-0.39, 0.29) is 6.17 Å². The Kier molecular flexibility index (Phi) is 2.82. The van der Waals surface area contributed by atoms with Crippen molar-refractivity contribution in [3.8, 4) is 0 Å². The lowest BCUT2D eigenvalue weighted by Crippen LogP contribution is -2.33. The predicted octanol–water partition coefficient (Wildman–Crippen LogP) is 0.931. The Bertz CT molecular complexity index is 212. The lowest BCUT2D eigenvalue weighted by atomic mass is 10.4. The standard InChI is InChI=1S/C5H8BrN3S/c6-3-1-4(10-2-3)5(7)9-8/h1-2,5,9H,7-8H2. The molecule has 56 valence electrons. The highest BCUT2D eigenvalue weighted by atomic mass is 79.9. The van der Waals surface area contributed by atoms with Crippen LogP contribution in [-0.4, -0.2) is 0 Å². The highest BCUT2D eigenvalue weighted by molar-refractivity contribution is 9.10. The van der Waals surface area contributed by atoms with Crippen molar-refractivity contribution >= 4 is 27.3 Å². The number of nitrogens with two attached hydrogens (primary N) is 2. The Hall–Kier alpha value is 0.0600. The van der Waals surface area contributed by atoms with Crippen molar-refractivity contribution < 1.29 is 0 Å². The Labute approximate surface area is 71.5 Å². The average Bonchev–Trinajstić information content (AvgIpc) is 2.34. The molecule has 1 atom stereocenters. The van der Waals surface area contributed by atoms with Crippen LogP contribution in [0.1, 0.15) is 11.0 Å². The first kappa shape index (κ1) is 8.16. The monoisotopic (exact) mass is 221 g/mol. The summed E-state index contributed by atoms with van der Waals surface area (Å²) in [6.45, 7) is 0. The van der Waals surface area contributed by atoms with Crippen LogP contribution < -0.4 is 17.0 Å². The van der Waals surface area contributed by atoms with Gasteiger partial charge in [0.1, 0.15) is 6.17 Å². The molecule has 1 heterocycles. The Morgan fingerprint density at radius 2 is 2.40 bits per heavy atom. The third-order valence-corrected chi connectivity index (χ3v) is 2.85. The molecular weight excluding hydrogens is 214 g/mol. The molecule has 1 aromatic rings. The first-order valence-corrected chi connectivity index (χ1v) is 4.37. The molecule has 0 fully saturated rings. The lowest BCUT2D eigenvalue weighted by molar-refractivity contribution is 0.586. The SMILES string of the molecule is NNC(N)c1cc(Br)cs1. The van der Waals surface area contributed by atoms with Gasteiger partial charge < -0.3 is 5.73 Å². The second kappa shape index (κ2) is 3.45. The molecule has 1 unspecified atom stereocenters. The van der Waals surface area contributed by atoms with Crippen molar-refractivity contribution in [3.63, 3.8) is 0 Å². The van der Waals surface area contributed by atoms with Crippen molar-refractivity contribution in [1.29, 1.82) is 0 Å². The van der Waals surface area contributed by atoms with E-state index in [4.69, 9.17) is 11.6 Å². The third-order valence-electron chi connectivity index (χ3n) is 1.07. The van der Waals surface area contributed by atoms with Gasteiger partial charge in [0.2, 0.25) is 0 Å². The number of nitrogens with one attached hydrogen (secondary N) is 1. The van der Waals surface area contributed by atoms with Gasteiger partial charge in [0.15, 0.2) is 0 Å². The van der Waals surface area contributed by atoms with Gasteiger partial charge in [0, 0.05) is 14.7 Å². The maximum absolute atomic E-state index is 5.56. The molecule has 0 saturated heterocycles. The predicted molar refractivity (Wildman–Crippen MR) is 46.3 cm³/mol. The molecule has 0 aromatic carbocycles. The molecule has 1 rings (SSSR count). The number of hydrogen-bond acceptors (Lipinski definition) is 4. The normalized spacial score (nSPS) is 13.5. The van der Waals surface area contributed by atoms with Gasteiger partial charge in [-0.25, -0.2) is 5.43 Å². The van der Waals surface area contributed by atoms with Gasteiger partial charge in [-0.3, -0.25) is 5.84 Å². The smallest absolute Gasteiger partial charge is 0.103 e. The topological polar surface area (TPSA) is 64.1 Å². The van der Waals surface area contributed by atoms with Crippen molar-refractivity contribution in [2.75, 3.05) is 0 Å². The van der Waals surface area contributed by atoms with Gasteiger partial charge in [0.25, 0.3) is 0 Å². The number of rotatable bonds is 2. The summed E-state index contributed by atoms with van der Waals surface area (Å²) < 4.78 is 1.04. The maximum atomic E-state index is 5.56. The van der Waals surface area contributed by atoms with Gasteiger partial charge in [-0.1, -0.05) is 0 Å². The van der Waals surface area contributed by atoms with Gasteiger partial charge in [-0.15, -0.1) is 11.3 Å². The molecule has 3 nitrogen and oxygen atoms in total. The minimum atomic E-state index is -0.253. The maximum Gasteiger partial charge on any atom is 0.103 e. The zero-order valence-electron chi connectivity index (χ0n) is 5.17. The Morgan fingerprint density at radius 3 is 2.80 bits per heavy atom. The van der Waals surface area contributed by atoms with Crippen molar-refractivity contribution in [3.05, 3.63) is 20.8 Å². The fourth-order valence-electron chi connectivity index (χ4n) is 0.573. The van der Waals surface area contributed by atoms with Crippen molar-refractivity contribution in [2.45, 2.75) is 6.17 Å². The third kappa shape index (κ3) is 1.77. The number of thiophene rings is 1. The molecular formula is C5H8BrN3S. The summed E-state index contributed by atoms with van der Waals surface area (Å²) in [5, 5.41) is 1.96. The largest absolute Gasteiger partial charge is 0.310 e. The fraction of sp³-hybridized carbons (Fsp3) is 0.200. The van der Waals surface area contributed by atoms with Crippen LogP contribution in [0.3, 0.4) is 0 Å². The van der Waals surface area contributed by atoms with Gasteiger partial charge >= 0.3 is 0 Å². The minimum absolute atomic E-state index is 0.253. The van der Waals surface area contributed by atoms with Crippen LogP contribution >= 0.6 is 27.3 Å². The lowest BCUT2D eigenvalue weighted by Gasteiger charge is -2.05. The molecule has 5 heteroatoms. The van der Waals surface area contributed by atoms with Crippen LogP contribution in [-0.2, 0) is 0 Å². The summed E-state index contributed by atoms with van der Waals surface area (Å²) >= 11 is 4.88. The fourth-order valence-corrected chi connectivity index (χ4v) is 1.98. The van der Waals surface area contributed by atoms with Crippen LogP contribution in [0.5, 0.6) is 0 Å². The molecule has 0 aliphatic heterocycles. The molecule has 0 radical (unpaired) electrons. The second-order valence-electron chi connectivity index (χ2n) is 1.81. The first-order valence-electron chi connectivity index (χ1n) is 2.69. The highest BCUT2D eigenvalue weighted by Gasteiger charge is 2.04. The summed E-state index contributed by atoms with van der Waals surface area (Å²) in [5.74, 6) is 5.13. The van der Waals surface area contributed by atoms with E-state index in [1.807, 2.05) is 11.4 Å². The van der Waals surface area contributed by atoms with Crippen LogP contribution in [0.15, 0.2) is 15.9 Å². The second-order valence-corrected chi connectivity index (χ2v) is 3.67. The summed E-state index contributed by atoms with van der Waals surface area (Å²) in [5.41, 5.74) is 8.02. The minimum Gasteiger partial charge on any atom is -0.310 e. The molecule has 0 aliphatic rings. The van der Waals surface area contributed by atoms with Crippen LogP contribution in [0.4, 0.5) is 0 Å². The van der Waals surface area contributed by atoms with Crippen LogP contribution in [0, 0.1) is 0 Å². The van der Waals surface area contributed by atoms with E-state index in [2.05, 4.69) is 21.4 Å². The highest BCUT2D eigenvalue weighted by Crippen LogP contribution is 2.22. The molecule has 0 amide bonds. The molecule has 0 bridgehead atoms. The van der Waals surface area contributed by atoms with Crippen molar-refractivity contribution in [1.82, 2.24) is 5.43 Å². The zero-order chi connectivity index (χ0) is 7.56. The Balaban J connectivity index is 2.74. The molecule has 0 saturated carbocycles. The van der Waals surface area contributed by atoms with Gasteiger partial charge in [-0.05, 0) is 22.0 Å². The Morgan fingerprint density at radius 1 is 1.70 bits per heavy atom. The van der Waals surface area contributed by atoms with Crippen molar-refractivity contribution in [2.24, 2.45) is 11.6 Å². The summed E-state index contributed by atoms with van der Waals surface area (Å²) in [6, 6.07) is 1.94. The summed E-state index contributed by atoms with van der Waals surface area (Å²) in [6.07, 6.45) is -0.253. The quantitative estimate of drug-likeness (QED) is 0.396. The number of hydrazine groups is 1. The number of hydrogen-bond donors (Lipinski definition) is 3. The first-order chi connectivity index (χ1) is 4.74. The average molecular weight is 222 g/mol. The van der Waals surface area contributed by atoms with Crippen LogP contribution in [0.2, 0.25) is 0 Å². The molecule has 0 aliphatic carbocycles. The molecule has 0 spiro atoms. The van der Waals surface area contributed by atoms with Gasteiger partial charge in [-0.2, -0.15) is 0 Å². The van der Waals surface area contributed by atoms with E-state index in [9.17, 15) is 0 Å². The summed E-state index contributed by atoms with van der Waals surface area (Å²) in [7, 11) is 0. The summed E-state index contributed by atoms with van der Waals surface area (Å²) in [4.78, 5) is 1.02. The molecule has 10 heavy (non-hydrogen) atoms. The van der Waals surface area contributed by atoms with E-state index in [1.165, 1.54) is 0 Å². The van der Waals surface area contributed by atoms with E-state index >= 15 is 0 Å². The van der Waals surface area contributed by atoms with E-state index < -0.39 is 0 Å². The van der Waals surface area contributed by atoms with Crippen LogP contribution in [0.25, 0.3) is 0 Å². The molecule has 5 N–H and O–H groups in total. The zero-order valence-corrected chi connectivity index (χ0v) is 7.58. The van der Waals surface area contributed by atoms with E-state index in [0.717, 1.165) is 9.35 Å². The van der Waals surface area contributed by atoms with Gasteiger partial charge in [0.05, 0.1) is 0 Å². The number of halogens is 1. The van der Waals surface area contributed by atoms with E-state index in [1.54, 1.807) is 11.3 Å². The van der Waals surface area contributed by atoms with E-state index in [0.29, 0.717) is 0 Å². The molecule has 1 aromatic heterocycles.